The van der Waals surface area contributed by atoms with Crippen LogP contribution >= 0.6 is 0 Å². The molecule has 4 heteroatoms. The van der Waals surface area contributed by atoms with Gasteiger partial charge >= 0.3 is 5.97 Å². The van der Waals surface area contributed by atoms with E-state index in [1.54, 1.807) is 0 Å². The van der Waals surface area contributed by atoms with Gasteiger partial charge in [-0.3, -0.25) is 9.69 Å². The molecule has 0 aromatic carbocycles. The molecule has 3 aliphatic rings. The molecular formula is C9H15NO3. The van der Waals surface area contributed by atoms with E-state index in [1.165, 1.54) is 6.92 Å². The molecule has 4 nitrogen and oxygen atoms in total. The molecule has 3 fully saturated rings. The van der Waals surface area contributed by atoms with Gasteiger partial charge in [-0.2, -0.15) is 0 Å². The molecule has 13 heavy (non-hydrogen) atoms. The third-order valence-electron chi connectivity index (χ3n) is 3.01. The van der Waals surface area contributed by atoms with Crippen LogP contribution in [0.4, 0.5) is 0 Å². The fraction of sp³-hybridized carbons (Fsp3) is 0.889. The average Bonchev–Trinajstić information content (AvgIpc) is 2.11. The highest BCUT2D eigenvalue weighted by molar-refractivity contribution is 5.66. The first-order chi connectivity index (χ1) is 6.18. The summed E-state index contributed by atoms with van der Waals surface area (Å²) in [6.07, 6.45) is 1.21. The second kappa shape index (κ2) is 3.27. The normalized spacial score (nSPS) is 43.2. The maximum absolute atomic E-state index is 10.8. The van der Waals surface area contributed by atoms with E-state index in [1.807, 2.05) is 4.90 Å². The lowest BCUT2D eigenvalue weighted by Gasteiger charge is -2.47. The minimum absolute atomic E-state index is 0.292. The third-order valence-corrected chi connectivity index (χ3v) is 3.01. The Bertz CT molecular complexity index is 209. The van der Waals surface area contributed by atoms with Gasteiger partial charge in [0.15, 0.2) is 0 Å². The first kappa shape index (κ1) is 8.97. The van der Waals surface area contributed by atoms with E-state index in [-0.39, 0.29) is 12.1 Å². The van der Waals surface area contributed by atoms with E-state index in [2.05, 4.69) is 0 Å². The predicted octanol–water partition coefficient (Wildman–Crippen LogP) is -0.0379. The lowest BCUT2D eigenvalue weighted by molar-refractivity contribution is -0.194. The monoisotopic (exact) mass is 185 g/mol. The second-order valence-corrected chi connectivity index (χ2v) is 3.86. The predicted molar refractivity (Wildman–Crippen MR) is 45.9 cm³/mol. The molecule has 2 atom stereocenters. The number of aliphatic hydroxyl groups excluding tert-OH is 1. The highest BCUT2D eigenvalue weighted by Gasteiger charge is 2.43. The maximum Gasteiger partial charge on any atom is 0.303 e. The smallest absolute Gasteiger partial charge is 0.303 e. The van der Waals surface area contributed by atoms with Crippen LogP contribution in [0.3, 0.4) is 0 Å². The zero-order chi connectivity index (χ0) is 9.42. The minimum atomic E-state index is -0.573. The first-order valence-corrected chi connectivity index (χ1v) is 4.78. The van der Waals surface area contributed by atoms with Crippen molar-refractivity contribution in [1.82, 2.24) is 4.90 Å². The summed E-state index contributed by atoms with van der Waals surface area (Å²) in [5.41, 5.74) is 0. The lowest BCUT2D eigenvalue weighted by Crippen LogP contribution is -2.58. The van der Waals surface area contributed by atoms with Crippen LogP contribution in [0.2, 0.25) is 0 Å². The summed E-state index contributed by atoms with van der Waals surface area (Å²) in [5.74, 6) is 0.0710. The third kappa shape index (κ3) is 1.56. The Morgan fingerprint density at radius 2 is 2.08 bits per heavy atom. The van der Waals surface area contributed by atoms with Gasteiger partial charge in [0.25, 0.3) is 0 Å². The van der Waals surface area contributed by atoms with Gasteiger partial charge in [-0.05, 0) is 12.8 Å². The molecule has 0 aromatic heterocycles. The summed E-state index contributed by atoms with van der Waals surface area (Å²) < 4.78 is 5.11. The van der Waals surface area contributed by atoms with Crippen molar-refractivity contribution >= 4 is 5.97 Å². The number of esters is 1. The highest BCUT2D eigenvalue weighted by atomic mass is 16.6. The molecule has 0 amide bonds. The van der Waals surface area contributed by atoms with Crippen LogP contribution < -0.4 is 0 Å². The van der Waals surface area contributed by atoms with Crippen molar-refractivity contribution in [3.05, 3.63) is 0 Å². The van der Waals surface area contributed by atoms with Gasteiger partial charge in [-0.1, -0.05) is 0 Å². The molecule has 0 aliphatic carbocycles. The lowest BCUT2D eigenvalue weighted by atomic mass is 9.84. The molecule has 3 rings (SSSR count). The maximum atomic E-state index is 10.8. The molecule has 3 heterocycles. The summed E-state index contributed by atoms with van der Waals surface area (Å²) in [4.78, 5) is 12.8. The summed E-state index contributed by atoms with van der Waals surface area (Å²) in [7, 11) is 0. The molecule has 74 valence electrons. The number of nitrogens with zero attached hydrogens (tertiary/aromatic N) is 1. The number of ether oxygens (including phenoxy) is 1. The molecular weight excluding hydrogens is 170 g/mol. The fourth-order valence-electron chi connectivity index (χ4n) is 2.31. The van der Waals surface area contributed by atoms with Crippen LogP contribution in [0, 0.1) is 5.92 Å². The second-order valence-electron chi connectivity index (χ2n) is 3.86. The van der Waals surface area contributed by atoms with Crippen LogP contribution in [-0.4, -0.2) is 41.4 Å². The SMILES string of the molecule is CC(=O)OC1C2CCN(CC2)C1O. The van der Waals surface area contributed by atoms with Gasteiger partial charge in [-0.25, -0.2) is 0 Å². The molecule has 2 bridgehead atoms. The Kier molecular flexibility index (Phi) is 2.26. The molecule has 0 radical (unpaired) electrons. The Labute approximate surface area is 77.5 Å². The number of rotatable bonds is 1. The number of hydrogen-bond acceptors (Lipinski definition) is 4. The summed E-state index contributed by atoms with van der Waals surface area (Å²) in [5, 5.41) is 9.76. The molecule has 1 N–H and O–H groups in total. The van der Waals surface area contributed by atoms with Gasteiger partial charge in [-0.15, -0.1) is 0 Å². The summed E-state index contributed by atoms with van der Waals surface area (Å²) in [6.45, 7) is 3.26. The quantitative estimate of drug-likeness (QED) is 0.582. The number of hydrogen-bond donors (Lipinski definition) is 1. The van der Waals surface area contributed by atoms with Gasteiger partial charge in [0.05, 0.1) is 0 Å². The van der Waals surface area contributed by atoms with E-state index >= 15 is 0 Å². The van der Waals surface area contributed by atoms with E-state index in [4.69, 9.17) is 4.74 Å². The molecule has 2 unspecified atom stereocenters. The van der Waals surface area contributed by atoms with Gasteiger partial charge in [0.2, 0.25) is 0 Å². The van der Waals surface area contributed by atoms with Crippen molar-refractivity contribution in [2.24, 2.45) is 5.92 Å². The van der Waals surface area contributed by atoms with Crippen LogP contribution in [0.15, 0.2) is 0 Å². The van der Waals surface area contributed by atoms with Gasteiger partial charge < -0.3 is 9.84 Å². The first-order valence-electron chi connectivity index (χ1n) is 4.78. The van der Waals surface area contributed by atoms with Crippen LogP contribution in [-0.2, 0) is 9.53 Å². The van der Waals surface area contributed by atoms with E-state index in [9.17, 15) is 9.90 Å². The van der Waals surface area contributed by atoms with Crippen LogP contribution in [0.25, 0.3) is 0 Å². The summed E-state index contributed by atoms with van der Waals surface area (Å²) >= 11 is 0. The topological polar surface area (TPSA) is 49.8 Å². The zero-order valence-electron chi connectivity index (χ0n) is 7.77. The van der Waals surface area contributed by atoms with Crippen molar-refractivity contribution in [1.29, 1.82) is 0 Å². The molecule has 0 spiro atoms. The van der Waals surface area contributed by atoms with Crippen LogP contribution in [0.1, 0.15) is 19.8 Å². The van der Waals surface area contributed by atoms with E-state index in [0.29, 0.717) is 5.92 Å². The number of carbonyl (C=O) groups is 1. The Morgan fingerprint density at radius 3 is 2.54 bits per heavy atom. The molecule has 3 saturated heterocycles. The Hall–Kier alpha value is -0.610. The average molecular weight is 185 g/mol. The minimum Gasteiger partial charge on any atom is -0.458 e. The van der Waals surface area contributed by atoms with Crippen molar-refractivity contribution in [3.63, 3.8) is 0 Å². The fourth-order valence-corrected chi connectivity index (χ4v) is 2.31. The Balaban J connectivity index is 2.05. The van der Waals surface area contributed by atoms with Crippen molar-refractivity contribution in [3.8, 4) is 0 Å². The molecule has 3 aliphatic heterocycles. The number of fused-ring (bicyclic) bond motifs is 3. The summed E-state index contributed by atoms with van der Waals surface area (Å²) in [6, 6.07) is 0. The van der Waals surface area contributed by atoms with Gasteiger partial charge in [0, 0.05) is 25.9 Å². The van der Waals surface area contributed by atoms with Gasteiger partial charge in [0.1, 0.15) is 12.3 Å². The number of piperidine rings is 3. The van der Waals surface area contributed by atoms with Crippen molar-refractivity contribution in [2.75, 3.05) is 13.1 Å². The van der Waals surface area contributed by atoms with E-state index in [0.717, 1.165) is 25.9 Å². The number of aliphatic hydroxyl groups is 1. The Morgan fingerprint density at radius 1 is 1.46 bits per heavy atom. The zero-order valence-corrected chi connectivity index (χ0v) is 7.77. The largest absolute Gasteiger partial charge is 0.458 e. The standard InChI is InChI=1S/C9H15NO3/c1-6(11)13-8-7-2-4-10(5-3-7)9(8)12/h7-9,12H,2-5H2,1H3. The molecule has 0 aromatic rings. The molecule has 0 saturated carbocycles. The van der Waals surface area contributed by atoms with Crippen LogP contribution in [0.5, 0.6) is 0 Å². The number of carbonyl (C=O) groups excluding carboxylic acids is 1. The van der Waals surface area contributed by atoms with E-state index < -0.39 is 6.23 Å². The van der Waals surface area contributed by atoms with Crippen molar-refractivity contribution in [2.45, 2.75) is 32.1 Å². The highest BCUT2D eigenvalue weighted by Crippen LogP contribution is 2.33. The van der Waals surface area contributed by atoms with Crippen molar-refractivity contribution < 1.29 is 14.6 Å².